The number of aryl methyl sites for hydroxylation is 2. The van der Waals surface area contributed by atoms with Gasteiger partial charge < -0.3 is 10.5 Å². The van der Waals surface area contributed by atoms with E-state index in [9.17, 15) is 0 Å². The van der Waals surface area contributed by atoms with Crippen LogP contribution < -0.4 is 10.5 Å². The summed E-state index contributed by atoms with van der Waals surface area (Å²) < 4.78 is 7.38. The lowest BCUT2D eigenvalue weighted by molar-refractivity contribution is 0.288. The van der Waals surface area contributed by atoms with E-state index in [0.29, 0.717) is 11.9 Å². The summed E-state index contributed by atoms with van der Waals surface area (Å²) in [6.07, 6.45) is 4.62. The molecule has 0 unspecified atom stereocenters. The number of nitrogens with two attached hydrogens (primary N) is 1. The minimum Gasteiger partial charge on any atom is -0.493 e. The predicted octanol–water partition coefficient (Wildman–Crippen LogP) is 3.39. The lowest BCUT2D eigenvalue weighted by Crippen LogP contribution is -2.02. The molecule has 0 aliphatic heterocycles. The number of anilines is 1. The number of hydrogen-bond donors (Lipinski definition) is 1. The van der Waals surface area contributed by atoms with Gasteiger partial charge in [-0.1, -0.05) is 13.8 Å². The van der Waals surface area contributed by atoms with Crippen LogP contribution in [0.5, 0.6) is 5.75 Å². The molecule has 0 aliphatic rings. The van der Waals surface area contributed by atoms with Gasteiger partial charge in [0.1, 0.15) is 5.75 Å². The lowest BCUT2D eigenvalue weighted by Gasteiger charge is -2.10. The van der Waals surface area contributed by atoms with E-state index in [0.717, 1.165) is 35.6 Å². The molecule has 0 bridgehead atoms. The fourth-order valence-electron chi connectivity index (χ4n) is 2.04. The minimum atomic E-state index is 0.388. The maximum Gasteiger partial charge on any atom is 0.221 e. The van der Waals surface area contributed by atoms with Gasteiger partial charge in [0.2, 0.25) is 5.95 Å². The highest BCUT2D eigenvalue weighted by atomic mass is 16.5. The van der Waals surface area contributed by atoms with Crippen molar-refractivity contribution in [2.75, 3.05) is 12.3 Å². The third-order valence-electron chi connectivity index (χ3n) is 3.32. The molecule has 0 aliphatic carbocycles. The van der Waals surface area contributed by atoms with Crippen molar-refractivity contribution in [2.24, 2.45) is 11.0 Å². The van der Waals surface area contributed by atoms with E-state index in [1.54, 1.807) is 17.1 Å². The van der Waals surface area contributed by atoms with Crippen LogP contribution in [0, 0.1) is 19.8 Å². The Morgan fingerprint density at radius 3 is 2.73 bits per heavy atom. The highest BCUT2D eigenvalue weighted by Gasteiger charge is 2.02. The van der Waals surface area contributed by atoms with E-state index in [1.807, 2.05) is 32.0 Å². The molecule has 2 aromatic rings. The molecule has 22 heavy (non-hydrogen) atoms. The molecule has 2 N–H and O–H groups in total. The first kappa shape index (κ1) is 16.1. The molecule has 0 atom stereocenters. The molecule has 0 radical (unpaired) electrons. The molecular formula is C17H24N4O. The summed E-state index contributed by atoms with van der Waals surface area (Å²) in [4.78, 5) is 4.11. The van der Waals surface area contributed by atoms with E-state index in [4.69, 9.17) is 10.5 Å². The lowest BCUT2D eigenvalue weighted by atomic mass is 10.1. The van der Waals surface area contributed by atoms with Crippen molar-refractivity contribution >= 4 is 12.2 Å². The molecular weight excluding hydrogens is 276 g/mol. The first-order valence-electron chi connectivity index (χ1n) is 7.55. The standard InChI is InChI=1S/C17H24N4O/c1-12(2)7-8-22-16-6-5-15(9-13(16)3)10-19-21-11-14(4)20-17(21)18/h5-6,9-12H,7-8H2,1-4H3,(H2,18,20). The van der Waals surface area contributed by atoms with Crippen LogP contribution in [0.3, 0.4) is 0 Å². The molecule has 2 rings (SSSR count). The monoisotopic (exact) mass is 300 g/mol. The molecule has 5 heteroatoms. The van der Waals surface area contributed by atoms with Gasteiger partial charge in [-0.25, -0.2) is 9.66 Å². The molecule has 0 fully saturated rings. The second kappa shape index (κ2) is 7.11. The van der Waals surface area contributed by atoms with Gasteiger partial charge in [0, 0.05) is 0 Å². The van der Waals surface area contributed by atoms with Crippen LogP contribution in [0.15, 0.2) is 29.5 Å². The van der Waals surface area contributed by atoms with Crippen LogP contribution in [0.1, 0.15) is 37.1 Å². The number of hydrogen-bond acceptors (Lipinski definition) is 4. The zero-order valence-electron chi connectivity index (χ0n) is 13.7. The second-order valence-electron chi connectivity index (χ2n) is 5.89. The first-order valence-corrected chi connectivity index (χ1v) is 7.55. The van der Waals surface area contributed by atoms with Gasteiger partial charge in [0.25, 0.3) is 0 Å². The van der Waals surface area contributed by atoms with Crippen molar-refractivity contribution < 1.29 is 4.74 Å². The zero-order valence-corrected chi connectivity index (χ0v) is 13.7. The fraction of sp³-hybridized carbons (Fsp3) is 0.412. The van der Waals surface area contributed by atoms with Crippen molar-refractivity contribution in [2.45, 2.75) is 34.1 Å². The largest absolute Gasteiger partial charge is 0.493 e. The smallest absolute Gasteiger partial charge is 0.221 e. The van der Waals surface area contributed by atoms with Gasteiger partial charge in [-0.3, -0.25) is 0 Å². The van der Waals surface area contributed by atoms with Crippen LogP contribution in [0.4, 0.5) is 5.95 Å². The molecule has 0 saturated heterocycles. The highest BCUT2D eigenvalue weighted by molar-refractivity contribution is 5.80. The van der Waals surface area contributed by atoms with Gasteiger partial charge in [0.05, 0.1) is 24.7 Å². The van der Waals surface area contributed by atoms with E-state index < -0.39 is 0 Å². The van der Waals surface area contributed by atoms with Gasteiger partial charge in [-0.05, 0) is 55.5 Å². The highest BCUT2D eigenvalue weighted by Crippen LogP contribution is 2.19. The summed E-state index contributed by atoms with van der Waals surface area (Å²) in [5.41, 5.74) is 8.70. The quantitative estimate of drug-likeness (QED) is 0.832. The Morgan fingerprint density at radius 2 is 2.14 bits per heavy atom. The maximum atomic E-state index is 5.81. The van der Waals surface area contributed by atoms with Gasteiger partial charge in [-0.15, -0.1) is 0 Å². The Bertz CT molecular complexity index is 659. The maximum absolute atomic E-state index is 5.81. The third-order valence-corrected chi connectivity index (χ3v) is 3.32. The summed E-state index contributed by atoms with van der Waals surface area (Å²) in [5.74, 6) is 1.96. The Kier molecular flexibility index (Phi) is 5.20. The normalized spacial score (nSPS) is 11.5. The molecule has 118 valence electrons. The topological polar surface area (TPSA) is 65.4 Å². The predicted molar refractivity (Wildman–Crippen MR) is 90.5 cm³/mol. The van der Waals surface area contributed by atoms with E-state index in [2.05, 4.69) is 23.9 Å². The third kappa shape index (κ3) is 4.35. The molecule has 0 spiro atoms. The molecule has 0 saturated carbocycles. The number of imidazole rings is 1. The van der Waals surface area contributed by atoms with Crippen LogP contribution in [-0.4, -0.2) is 22.5 Å². The van der Waals surface area contributed by atoms with Gasteiger partial charge in [0.15, 0.2) is 0 Å². The van der Waals surface area contributed by atoms with E-state index >= 15 is 0 Å². The summed E-state index contributed by atoms with van der Waals surface area (Å²) in [5, 5.41) is 4.32. The number of benzene rings is 1. The van der Waals surface area contributed by atoms with Crippen molar-refractivity contribution in [3.8, 4) is 5.75 Å². The van der Waals surface area contributed by atoms with Crippen LogP contribution in [0.2, 0.25) is 0 Å². The SMILES string of the molecule is Cc1cn(N=Cc2ccc(OCCC(C)C)c(C)c2)c(N)n1. The number of nitrogen functional groups attached to an aromatic ring is 1. The average Bonchev–Trinajstić information content (AvgIpc) is 2.76. The second-order valence-corrected chi connectivity index (χ2v) is 5.89. The Hall–Kier alpha value is -2.30. The molecule has 1 heterocycles. The van der Waals surface area contributed by atoms with Crippen molar-refractivity contribution in [3.05, 3.63) is 41.2 Å². The summed E-state index contributed by atoms with van der Waals surface area (Å²) in [6.45, 7) is 9.06. The number of ether oxygens (including phenoxy) is 1. The summed E-state index contributed by atoms with van der Waals surface area (Å²) in [7, 11) is 0. The van der Waals surface area contributed by atoms with E-state index in [-0.39, 0.29) is 0 Å². The van der Waals surface area contributed by atoms with Crippen LogP contribution >= 0.6 is 0 Å². The Morgan fingerprint density at radius 1 is 1.36 bits per heavy atom. The van der Waals surface area contributed by atoms with Crippen LogP contribution in [-0.2, 0) is 0 Å². The number of aromatic nitrogens is 2. The molecule has 1 aromatic heterocycles. The molecule has 1 aromatic carbocycles. The molecule has 5 nitrogen and oxygen atoms in total. The summed E-state index contributed by atoms with van der Waals surface area (Å²) in [6, 6.07) is 6.02. The Labute approximate surface area is 131 Å². The number of rotatable bonds is 6. The van der Waals surface area contributed by atoms with Gasteiger partial charge >= 0.3 is 0 Å². The average molecular weight is 300 g/mol. The zero-order chi connectivity index (χ0) is 16.1. The van der Waals surface area contributed by atoms with E-state index in [1.165, 1.54) is 0 Å². The minimum absolute atomic E-state index is 0.388. The van der Waals surface area contributed by atoms with Gasteiger partial charge in [-0.2, -0.15) is 5.10 Å². The van der Waals surface area contributed by atoms with Crippen LogP contribution in [0.25, 0.3) is 0 Å². The van der Waals surface area contributed by atoms with Crippen molar-refractivity contribution in [1.82, 2.24) is 9.66 Å². The van der Waals surface area contributed by atoms with Crippen molar-refractivity contribution in [1.29, 1.82) is 0 Å². The molecule has 0 amide bonds. The fourth-order valence-corrected chi connectivity index (χ4v) is 2.04. The van der Waals surface area contributed by atoms with Crippen molar-refractivity contribution in [3.63, 3.8) is 0 Å². The first-order chi connectivity index (χ1) is 10.5. The summed E-state index contributed by atoms with van der Waals surface area (Å²) >= 11 is 0. The Balaban J connectivity index is 2.04. The number of nitrogens with zero attached hydrogens (tertiary/aromatic N) is 3.